The monoisotopic (exact) mass is 306 g/mol. The Morgan fingerprint density at radius 2 is 1.50 bits per heavy atom. The number of rotatable bonds is 5. The molecule has 12 nitrogen and oxygen atoms in total. The molecular weight excluding hydrogens is 300 g/mol. The minimum absolute atomic E-state index is 0.0649. The molecule has 0 saturated carbocycles. The van der Waals surface area contributed by atoms with Crippen molar-refractivity contribution in [3.05, 3.63) is 60.9 Å². The van der Waals surface area contributed by atoms with Crippen molar-refractivity contribution < 1.29 is 14.8 Å². The summed E-state index contributed by atoms with van der Waals surface area (Å²) in [7, 11) is 0. The summed E-state index contributed by atoms with van der Waals surface area (Å²) in [6.07, 6.45) is 1.81. The maximum absolute atomic E-state index is 10.9. The van der Waals surface area contributed by atoms with E-state index < -0.39 is 26.1 Å². The molecule has 2 rings (SSSR count). The Balaban J connectivity index is 2.34. The molecule has 0 aromatic carbocycles. The second-order valence-electron chi connectivity index (χ2n) is 3.86. The van der Waals surface area contributed by atoms with Crippen LogP contribution in [0.4, 0.5) is 28.7 Å². The van der Waals surface area contributed by atoms with Crippen LogP contribution in [-0.4, -0.2) is 24.7 Å². The maximum atomic E-state index is 10.9. The normalized spacial score (nSPS) is 10.0. The topological polar surface area (TPSA) is 167 Å². The molecule has 0 fully saturated rings. The minimum Gasteiger partial charge on any atom is -0.319 e. The summed E-state index contributed by atoms with van der Waals surface area (Å²) in [5.41, 5.74) is -1.40. The Morgan fingerprint density at radius 3 is 2.00 bits per heavy atom. The van der Waals surface area contributed by atoms with Crippen molar-refractivity contribution in [1.29, 1.82) is 0 Å². The molecule has 0 bridgehead atoms. The molecule has 1 N–H and O–H groups in total. The van der Waals surface area contributed by atoms with Crippen molar-refractivity contribution in [1.82, 2.24) is 9.97 Å². The average molecular weight is 306 g/mol. The molecule has 2 aromatic rings. The first kappa shape index (κ1) is 14.7. The highest BCUT2D eigenvalue weighted by molar-refractivity contribution is 5.65. The van der Waals surface area contributed by atoms with E-state index >= 15 is 0 Å². The first-order chi connectivity index (χ1) is 10.4. The molecule has 2 aromatic heterocycles. The number of nitrogens with zero attached hydrogens (tertiary/aromatic N) is 5. The molecule has 0 unspecified atom stereocenters. The van der Waals surface area contributed by atoms with Crippen molar-refractivity contribution in [3.63, 3.8) is 0 Å². The van der Waals surface area contributed by atoms with E-state index in [4.69, 9.17) is 0 Å². The van der Waals surface area contributed by atoms with Crippen LogP contribution < -0.4 is 5.32 Å². The van der Waals surface area contributed by atoms with Gasteiger partial charge in [-0.2, -0.15) is 0 Å². The van der Waals surface area contributed by atoms with E-state index in [0.29, 0.717) is 0 Å². The lowest BCUT2D eigenvalue weighted by Gasteiger charge is -2.04. The van der Waals surface area contributed by atoms with E-state index in [2.05, 4.69) is 15.3 Å². The van der Waals surface area contributed by atoms with Gasteiger partial charge in [-0.1, -0.05) is 0 Å². The van der Waals surface area contributed by atoms with Crippen molar-refractivity contribution >= 4 is 28.7 Å². The fraction of sp³-hybridized carbons (Fsp3) is 0. The van der Waals surface area contributed by atoms with Gasteiger partial charge in [0.2, 0.25) is 5.82 Å². The zero-order valence-corrected chi connectivity index (χ0v) is 10.6. The smallest absolute Gasteiger partial charge is 0.318 e. The van der Waals surface area contributed by atoms with Crippen LogP contribution >= 0.6 is 0 Å². The first-order valence-electron chi connectivity index (χ1n) is 5.55. The van der Waals surface area contributed by atoms with Crippen LogP contribution in [0.5, 0.6) is 0 Å². The summed E-state index contributed by atoms with van der Waals surface area (Å²) < 4.78 is 0. The van der Waals surface area contributed by atoms with E-state index in [9.17, 15) is 30.3 Å². The molecule has 112 valence electrons. The standard InChI is InChI=1S/C10H6N6O6/c17-14(18)6-1-2-9(11-4-6)13-10-8(16(21)22)3-7(5-12-10)15(19)20/h1-5H,(H,11,12,13). The van der Waals surface area contributed by atoms with Gasteiger partial charge in [-0.15, -0.1) is 0 Å². The quantitative estimate of drug-likeness (QED) is 0.640. The van der Waals surface area contributed by atoms with E-state index in [1.54, 1.807) is 0 Å². The zero-order chi connectivity index (χ0) is 16.3. The van der Waals surface area contributed by atoms with E-state index in [1.807, 2.05) is 0 Å². The zero-order valence-electron chi connectivity index (χ0n) is 10.6. The Hall–Kier alpha value is -3.70. The molecule has 0 aliphatic heterocycles. The lowest BCUT2D eigenvalue weighted by atomic mass is 10.3. The largest absolute Gasteiger partial charge is 0.319 e. The molecule has 0 aliphatic carbocycles. The molecule has 22 heavy (non-hydrogen) atoms. The summed E-state index contributed by atoms with van der Waals surface area (Å²) in [4.78, 5) is 37.0. The number of nitrogens with one attached hydrogen (secondary N) is 1. The summed E-state index contributed by atoms with van der Waals surface area (Å²) in [5.74, 6) is -0.202. The average Bonchev–Trinajstić information content (AvgIpc) is 2.47. The molecule has 0 aliphatic rings. The third-order valence-electron chi connectivity index (χ3n) is 2.47. The molecule has 0 atom stereocenters. The predicted octanol–water partition coefficient (Wildman–Crippen LogP) is 1.94. The van der Waals surface area contributed by atoms with Gasteiger partial charge in [0.25, 0.3) is 11.4 Å². The van der Waals surface area contributed by atoms with Crippen LogP contribution in [0.1, 0.15) is 0 Å². The summed E-state index contributed by atoms with van der Waals surface area (Å²) in [6.45, 7) is 0. The molecular formula is C10H6N6O6. The van der Waals surface area contributed by atoms with Gasteiger partial charge in [-0.3, -0.25) is 30.3 Å². The third-order valence-corrected chi connectivity index (χ3v) is 2.47. The lowest BCUT2D eigenvalue weighted by molar-refractivity contribution is -0.394. The van der Waals surface area contributed by atoms with Gasteiger partial charge in [0.1, 0.15) is 18.2 Å². The Kier molecular flexibility index (Phi) is 3.84. The Labute approximate surface area is 120 Å². The van der Waals surface area contributed by atoms with E-state index in [1.165, 1.54) is 6.07 Å². The number of aromatic nitrogens is 2. The number of pyridine rings is 2. The molecule has 0 amide bonds. The van der Waals surface area contributed by atoms with Crippen molar-refractivity contribution in [2.24, 2.45) is 0 Å². The van der Waals surface area contributed by atoms with Crippen LogP contribution in [0.25, 0.3) is 0 Å². The number of hydrogen-bond acceptors (Lipinski definition) is 9. The van der Waals surface area contributed by atoms with Crippen LogP contribution in [-0.2, 0) is 0 Å². The van der Waals surface area contributed by atoms with Crippen LogP contribution in [0.15, 0.2) is 30.6 Å². The molecule has 0 spiro atoms. The second-order valence-corrected chi connectivity index (χ2v) is 3.86. The van der Waals surface area contributed by atoms with Gasteiger partial charge in [0.05, 0.1) is 20.8 Å². The highest BCUT2D eigenvalue weighted by Crippen LogP contribution is 2.28. The van der Waals surface area contributed by atoms with Gasteiger partial charge in [-0.25, -0.2) is 9.97 Å². The summed E-state index contributed by atoms with van der Waals surface area (Å²) in [5, 5.41) is 34.5. The first-order valence-corrected chi connectivity index (χ1v) is 5.55. The van der Waals surface area contributed by atoms with Gasteiger partial charge in [0.15, 0.2) is 0 Å². The molecule has 0 radical (unpaired) electrons. The Morgan fingerprint density at radius 1 is 0.864 bits per heavy atom. The van der Waals surface area contributed by atoms with Crippen molar-refractivity contribution in [2.45, 2.75) is 0 Å². The molecule has 2 heterocycles. The van der Waals surface area contributed by atoms with Gasteiger partial charge in [-0.05, 0) is 6.07 Å². The van der Waals surface area contributed by atoms with Crippen molar-refractivity contribution in [3.8, 4) is 0 Å². The predicted molar refractivity (Wildman–Crippen MR) is 71.7 cm³/mol. The SMILES string of the molecule is O=[N+]([O-])c1ccc(Nc2ncc([N+](=O)[O-])cc2[N+](=O)[O-])nc1. The highest BCUT2D eigenvalue weighted by Gasteiger charge is 2.21. The molecule has 0 saturated heterocycles. The van der Waals surface area contributed by atoms with Crippen molar-refractivity contribution in [2.75, 3.05) is 5.32 Å². The number of nitro groups is 3. The fourth-order valence-electron chi connectivity index (χ4n) is 1.47. The third kappa shape index (κ3) is 3.06. The number of anilines is 2. The fourth-order valence-corrected chi connectivity index (χ4v) is 1.47. The van der Waals surface area contributed by atoms with Crippen LogP contribution in [0.3, 0.4) is 0 Å². The van der Waals surface area contributed by atoms with E-state index in [-0.39, 0.29) is 17.3 Å². The highest BCUT2D eigenvalue weighted by atomic mass is 16.6. The minimum atomic E-state index is -0.840. The van der Waals surface area contributed by atoms with Crippen LogP contribution in [0, 0.1) is 30.3 Å². The number of hydrogen-bond donors (Lipinski definition) is 1. The molecule has 12 heteroatoms. The Bertz CT molecular complexity index is 761. The van der Waals surface area contributed by atoms with Gasteiger partial charge < -0.3 is 5.32 Å². The summed E-state index contributed by atoms with van der Waals surface area (Å²) in [6, 6.07) is 3.12. The van der Waals surface area contributed by atoms with Crippen LogP contribution in [0.2, 0.25) is 0 Å². The second kappa shape index (κ2) is 5.74. The van der Waals surface area contributed by atoms with Gasteiger partial charge in [0, 0.05) is 6.07 Å². The lowest BCUT2D eigenvalue weighted by Crippen LogP contribution is -2.02. The van der Waals surface area contributed by atoms with E-state index in [0.717, 1.165) is 24.5 Å². The van der Waals surface area contributed by atoms with Gasteiger partial charge >= 0.3 is 5.69 Å². The summed E-state index contributed by atoms with van der Waals surface area (Å²) >= 11 is 0. The maximum Gasteiger partial charge on any atom is 0.318 e.